The molecule has 1 unspecified atom stereocenters. The number of rotatable bonds is 8. The van der Waals surface area contributed by atoms with Crippen LogP contribution in [0.25, 0.3) is 0 Å². The molecule has 0 aromatic carbocycles. The summed E-state index contributed by atoms with van der Waals surface area (Å²) in [4.78, 5) is 14.4. The molecule has 0 aliphatic rings. The largest absolute Gasteiger partial charge is 0.436 e. The van der Waals surface area contributed by atoms with E-state index in [-0.39, 0.29) is 16.1 Å². The van der Waals surface area contributed by atoms with Crippen molar-refractivity contribution in [2.75, 3.05) is 26.2 Å². The van der Waals surface area contributed by atoms with Gasteiger partial charge in [-0.2, -0.15) is 18.3 Å². The normalized spacial score (nSPS) is 13.4. The second-order valence-corrected chi connectivity index (χ2v) is 6.33. The number of hydrogen-bond acceptors (Lipinski definition) is 3. The standard InChI is InChI=1S/C15H24BrF3N4O/c1-5-22(6-2)9-7-8-20-14(24)11(4)23-10(3)12(16)13(21-23)15(17,18)19/h11H,5-9H2,1-4H3,(H,20,24). The topological polar surface area (TPSA) is 50.2 Å². The number of carbonyl (C=O) groups excluding carboxylic acids is 1. The first-order valence-electron chi connectivity index (χ1n) is 7.95. The van der Waals surface area contributed by atoms with Crippen LogP contribution in [0.15, 0.2) is 4.47 Å². The Hall–Kier alpha value is -1.09. The summed E-state index contributed by atoms with van der Waals surface area (Å²) in [5.41, 5.74) is -0.741. The van der Waals surface area contributed by atoms with Gasteiger partial charge in [-0.3, -0.25) is 9.48 Å². The molecule has 0 saturated carbocycles. The Morgan fingerprint density at radius 1 is 1.38 bits per heavy atom. The average molecular weight is 413 g/mol. The van der Waals surface area contributed by atoms with Crippen LogP contribution in [-0.4, -0.2) is 46.8 Å². The number of nitrogens with zero attached hydrogens (tertiary/aromatic N) is 3. The molecule has 0 radical (unpaired) electrons. The van der Waals surface area contributed by atoms with Crippen LogP contribution in [0.1, 0.15) is 44.6 Å². The van der Waals surface area contributed by atoms with Crippen LogP contribution >= 0.6 is 15.9 Å². The van der Waals surface area contributed by atoms with Gasteiger partial charge in [-0.1, -0.05) is 13.8 Å². The Bertz CT molecular complexity index is 556. The van der Waals surface area contributed by atoms with Gasteiger partial charge in [0.15, 0.2) is 5.69 Å². The third-order valence-electron chi connectivity index (χ3n) is 3.94. The summed E-state index contributed by atoms with van der Waals surface area (Å²) in [5, 5.41) is 6.32. The van der Waals surface area contributed by atoms with E-state index in [1.54, 1.807) is 0 Å². The van der Waals surface area contributed by atoms with Gasteiger partial charge < -0.3 is 10.2 Å². The van der Waals surface area contributed by atoms with Crippen LogP contribution < -0.4 is 5.32 Å². The molecule has 1 amide bonds. The zero-order chi connectivity index (χ0) is 18.5. The van der Waals surface area contributed by atoms with Gasteiger partial charge in [-0.15, -0.1) is 0 Å². The maximum atomic E-state index is 12.9. The van der Waals surface area contributed by atoms with E-state index in [0.29, 0.717) is 6.54 Å². The lowest BCUT2D eigenvalue weighted by atomic mass is 10.3. The number of alkyl halides is 3. The van der Waals surface area contributed by atoms with Gasteiger partial charge in [0.05, 0.1) is 10.2 Å². The van der Waals surface area contributed by atoms with Crippen molar-refractivity contribution in [2.24, 2.45) is 0 Å². The lowest BCUT2D eigenvalue weighted by molar-refractivity contribution is -0.142. The number of nitrogens with one attached hydrogen (secondary N) is 1. The van der Waals surface area contributed by atoms with Gasteiger partial charge in [0.1, 0.15) is 6.04 Å². The van der Waals surface area contributed by atoms with E-state index in [2.05, 4.69) is 45.1 Å². The number of amides is 1. The molecule has 0 aliphatic carbocycles. The highest BCUT2D eigenvalue weighted by atomic mass is 79.9. The molecule has 138 valence electrons. The molecule has 1 atom stereocenters. The predicted molar refractivity (Wildman–Crippen MR) is 89.8 cm³/mol. The maximum absolute atomic E-state index is 12.9. The van der Waals surface area contributed by atoms with Crippen LogP contribution in [-0.2, 0) is 11.0 Å². The molecule has 5 nitrogen and oxygen atoms in total. The second kappa shape index (κ2) is 8.84. The van der Waals surface area contributed by atoms with E-state index < -0.39 is 17.9 Å². The fraction of sp³-hybridized carbons (Fsp3) is 0.733. The molecule has 1 N–H and O–H groups in total. The second-order valence-electron chi connectivity index (χ2n) is 5.54. The Morgan fingerprint density at radius 3 is 2.42 bits per heavy atom. The minimum atomic E-state index is -4.56. The van der Waals surface area contributed by atoms with Gasteiger partial charge in [-0.05, 0) is 55.8 Å². The summed E-state index contributed by atoms with van der Waals surface area (Å²) >= 11 is 2.91. The predicted octanol–water partition coefficient (Wildman–Crippen LogP) is 3.38. The average Bonchev–Trinajstić information content (AvgIpc) is 2.82. The van der Waals surface area contributed by atoms with E-state index in [0.717, 1.165) is 30.7 Å². The fourth-order valence-electron chi connectivity index (χ4n) is 2.37. The smallest absolute Gasteiger partial charge is 0.354 e. The number of hydrogen-bond donors (Lipinski definition) is 1. The van der Waals surface area contributed by atoms with E-state index >= 15 is 0 Å². The Morgan fingerprint density at radius 2 is 1.96 bits per heavy atom. The number of carbonyl (C=O) groups is 1. The first-order chi connectivity index (χ1) is 11.1. The first kappa shape index (κ1) is 21.0. The Labute approximate surface area is 148 Å². The summed E-state index contributed by atoms with van der Waals surface area (Å²) < 4.78 is 39.6. The summed E-state index contributed by atoms with van der Waals surface area (Å²) in [6.45, 7) is 10.4. The van der Waals surface area contributed by atoms with Crippen LogP contribution in [0.3, 0.4) is 0 Å². The van der Waals surface area contributed by atoms with Crippen molar-refractivity contribution in [1.82, 2.24) is 20.0 Å². The minimum absolute atomic E-state index is 0.129. The van der Waals surface area contributed by atoms with Gasteiger partial charge in [-0.25, -0.2) is 0 Å². The molecule has 0 bridgehead atoms. The molecule has 9 heteroatoms. The Balaban J connectivity index is 2.67. The van der Waals surface area contributed by atoms with E-state index in [1.807, 2.05) is 0 Å². The van der Waals surface area contributed by atoms with E-state index in [9.17, 15) is 18.0 Å². The van der Waals surface area contributed by atoms with Crippen LogP contribution in [0.2, 0.25) is 0 Å². The summed E-state index contributed by atoms with van der Waals surface area (Å²) in [6, 6.07) is -0.814. The zero-order valence-electron chi connectivity index (χ0n) is 14.4. The number of halogens is 4. The fourth-order valence-corrected chi connectivity index (χ4v) is 2.86. The lowest BCUT2D eigenvalue weighted by Gasteiger charge is -2.18. The third-order valence-corrected chi connectivity index (χ3v) is 4.89. The first-order valence-corrected chi connectivity index (χ1v) is 8.74. The Kier molecular flexibility index (Phi) is 7.72. The highest BCUT2D eigenvalue weighted by Crippen LogP contribution is 2.36. The number of aromatic nitrogens is 2. The van der Waals surface area contributed by atoms with E-state index in [1.165, 1.54) is 13.8 Å². The minimum Gasteiger partial charge on any atom is -0.354 e. The van der Waals surface area contributed by atoms with Crippen LogP contribution in [0.4, 0.5) is 13.2 Å². The van der Waals surface area contributed by atoms with Crippen molar-refractivity contribution in [2.45, 2.75) is 46.3 Å². The molecule has 0 spiro atoms. The van der Waals surface area contributed by atoms with Crippen molar-refractivity contribution < 1.29 is 18.0 Å². The quantitative estimate of drug-likeness (QED) is 0.665. The SMILES string of the molecule is CCN(CC)CCCNC(=O)C(C)n1nc(C(F)(F)F)c(Br)c1C. The zero-order valence-corrected chi connectivity index (χ0v) is 16.0. The monoisotopic (exact) mass is 412 g/mol. The maximum Gasteiger partial charge on any atom is 0.436 e. The van der Waals surface area contributed by atoms with Crippen molar-refractivity contribution in [3.05, 3.63) is 15.9 Å². The highest BCUT2D eigenvalue weighted by molar-refractivity contribution is 9.10. The third kappa shape index (κ3) is 5.20. The molecule has 0 saturated heterocycles. The highest BCUT2D eigenvalue weighted by Gasteiger charge is 2.38. The molecule has 0 fully saturated rings. The summed E-state index contributed by atoms with van der Waals surface area (Å²) in [7, 11) is 0. The molecule has 0 aliphatic heterocycles. The van der Waals surface area contributed by atoms with Gasteiger partial charge in [0, 0.05) is 6.54 Å². The van der Waals surface area contributed by atoms with Gasteiger partial charge in [0.25, 0.3) is 0 Å². The van der Waals surface area contributed by atoms with E-state index in [4.69, 9.17) is 0 Å². The van der Waals surface area contributed by atoms with Crippen LogP contribution in [0.5, 0.6) is 0 Å². The molecule has 1 aromatic heterocycles. The summed E-state index contributed by atoms with van der Waals surface area (Å²) in [5.74, 6) is -0.346. The molecule has 1 aromatic rings. The van der Waals surface area contributed by atoms with Gasteiger partial charge >= 0.3 is 6.18 Å². The summed E-state index contributed by atoms with van der Waals surface area (Å²) in [6.07, 6.45) is -3.77. The van der Waals surface area contributed by atoms with Crippen molar-refractivity contribution in [3.63, 3.8) is 0 Å². The van der Waals surface area contributed by atoms with Gasteiger partial charge in [0.2, 0.25) is 5.91 Å². The molecule has 24 heavy (non-hydrogen) atoms. The molecular formula is C15H24BrF3N4O. The van der Waals surface area contributed by atoms with Crippen molar-refractivity contribution >= 4 is 21.8 Å². The molecule has 1 heterocycles. The molecule has 1 rings (SSSR count). The lowest BCUT2D eigenvalue weighted by Crippen LogP contribution is -2.34. The molecular weight excluding hydrogens is 389 g/mol. The van der Waals surface area contributed by atoms with Crippen molar-refractivity contribution in [1.29, 1.82) is 0 Å². The van der Waals surface area contributed by atoms with Crippen molar-refractivity contribution in [3.8, 4) is 0 Å². The van der Waals surface area contributed by atoms with Crippen LogP contribution in [0, 0.1) is 6.92 Å².